The van der Waals surface area contributed by atoms with Crippen LogP contribution < -0.4 is 5.32 Å². The molecular formula is C11H21N3O. The van der Waals surface area contributed by atoms with Crippen molar-refractivity contribution < 1.29 is 5.11 Å². The Labute approximate surface area is 91.3 Å². The van der Waals surface area contributed by atoms with Crippen molar-refractivity contribution in [3.05, 3.63) is 18.0 Å². The van der Waals surface area contributed by atoms with Gasteiger partial charge in [-0.2, -0.15) is 5.10 Å². The number of aromatic nitrogens is 2. The third-order valence-electron chi connectivity index (χ3n) is 2.04. The van der Waals surface area contributed by atoms with Crippen molar-refractivity contribution in [2.24, 2.45) is 0 Å². The van der Waals surface area contributed by atoms with Gasteiger partial charge in [-0.25, -0.2) is 0 Å². The number of hydrogen-bond acceptors (Lipinski definition) is 3. The Morgan fingerprint density at radius 2 is 2.20 bits per heavy atom. The molecule has 4 nitrogen and oxygen atoms in total. The van der Waals surface area contributed by atoms with Crippen LogP contribution in [0.25, 0.3) is 0 Å². The predicted molar refractivity (Wildman–Crippen MR) is 60.7 cm³/mol. The molecule has 86 valence electrons. The number of nitrogens with zero attached hydrogens (tertiary/aromatic N) is 2. The van der Waals surface area contributed by atoms with E-state index in [2.05, 4.69) is 31.2 Å². The molecule has 0 radical (unpaired) electrons. The highest BCUT2D eigenvalue weighted by Gasteiger charge is 2.12. The summed E-state index contributed by atoms with van der Waals surface area (Å²) in [7, 11) is 0. The standard InChI is InChI=1S/C11H21N3O/c1-9-5-6-14(13-9)8-10(15)7-12-11(2,3)4/h5-6,10,12,15H,7-8H2,1-4H3. The summed E-state index contributed by atoms with van der Waals surface area (Å²) in [5.74, 6) is 0. The van der Waals surface area contributed by atoms with Gasteiger partial charge >= 0.3 is 0 Å². The van der Waals surface area contributed by atoms with Crippen LogP contribution in [0.5, 0.6) is 0 Å². The quantitative estimate of drug-likeness (QED) is 0.779. The molecule has 0 saturated carbocycles. The first-order chi connectivity index (χ1) is 6.87. The molecule has 0 aliphatic carbocycles. The maximum atomic E-state index is 9.75. The first-order valence-electron chi connectivity index (χ1n) is 5.30. The van der Waals surface area contributed by atoms with E-state index in [1.54, 1.807) is 4.68 Å². The second-order valence-electron chi connectivity index (χ2n) is 4.96. The largest absolute Gasteiger partial charge is 0.390 e. The van der Waals surface area contributed by atoms with Gasteiger partial charge in [0.25, 0.3) is 0 Å². The SMILES string of the molecule is Cc1ccn(CC(O)CNC(C)(C)C)n1. The van der Waals surface area contributed by atoms with Gasteiger partial charge in [0.2, 0.25) is 0 Å². The Morgan fingerprint density at radius 1 is 1.53 bits per heavy atom. The maximum absolute atomic E-state index is 9.75. The minimum absolute atomic E-state index is 0.0427. The van der Waals surface area contributed by atoms with Gasteiger partial charge in [-0.3, -0.25) is 4.68 Å². The molecular weight excluding hydrogens is 190 g/mol. The van der Waals surface area contributed by atoms with Crippen LogP contribution in [-0.2, 0) is 6.54 Å². The van der Waals surface area contributed by atoms with Crippen LogP contribution in [0.2, 0.25) is 0 Å². The minimum Gasteiger partial charge on any atom is -0.390 e. The van der Waals surface area contributed by atoms with Gasteiger partial charge in [0.05, 0.1) is 18.3 Å². The van der Waals surface area contributed by atoms with Crippen molar-refractivity contribution in [3.8, 4) is 0 Å². The Kier molecular flexibility index (Phi) is 3.88. The van der Waals surface area contributed by atoms with Crippen LogP contribution in [0, 0.1) is 6.92 Å². The van der Waals surface area contributed by atoms with Crippen molar-refractivity contribution in [2.45, 2.75) is 45.9 Å². The fraction of sp³-hybridized carbons (Fsp3) is 0.727. The highest BCUT2D eigenvalue weighted by molar-refractivity contribution is 4.94. The summed E-state index contributed by atoms with van der Waals surface area (Å²) in [6.45, 7) is 9.31. The zero-order valence-electron chi connectivity index (χ0n) is 9.99. The van der Waals surface area contributed by atoms with E-state index in [0.29, 0.717) is 13.1 Å². The number of aliphatic hydroxyl groups excluding tert-OH is 1. The molecule has 0 aromatic carbocycles. The van der Waals surface area contributed by atoms with Crippen LogP contribution in [0.4, 0.5) is 0 Å². The van der Waals surface area contributed by atoms with Crippen LogP contribution in [0.1, 0.15) is 26.5 Å². The first-order valence-corrected chi connectivity index (χ1v) is 5.30. The zero-order valence-corrected chi connectivity index (χ0v) is 9.99. The summed E-state index contributed by atoms with van der Waals surface area (Å²) >= 11 is 0. The molecule has 4 heteroatoms. The van der Waals surface area contributed by atoms with Crippen LogP contribution in [0.15, 0.2) is 12.3 Å². The summed E-state index contributed by atoms with van der Waals surface area (Å²) in [5.41, 5.74) is 1.02. The van der Waals surface area contributed by atoms with Crippen molar-refractivity contribution in [1.29, 1.82) is 0 Å². The van der Waals surface area contributed by atoms with Crippen LogP contribution in [0.3, 0.4) is 0 Å². The van der Waals surface area contributed by atoms with E-state index in [4.69, 9.17) is 0 Å². The smallest absolute Gasteiger partial charge is 0.0860 e. The van der Waals surface area contributed by atoms with Crippen molar-refractivity contribution in [1.82, 2.24) is 15.1 Å². The summed E-state index contributed by atoms with van der Waals surface area (Å²) in [6.07, 6.45) is 1.49. The molecule has 1 unspecified atom stereocenters. The molecule has 0 aliphatic heterocycles. The van der Waals surface area contributed by atoms with Gasteiger partial charge in [-0.05, 0) is 33.8 Å². The van der Waals surface area contributed by atoms with Gasteiger partial charge in [0.1, 0.15) is 0 Å². The fourth-order valence-corrected chi connectivity index (χ4v) is 1.27. The van der Waals surface area contributed by atoms with Crippen LogP contribution in [-0.4, -0.2) is 33.1 Å². The molecule has 0 amide bonds. The van der Waals surface area contributed by atoms with Crippen LogP contribution >= 0.6 is 0 Å². The van der Waals surface area contributed by atoms with E-state index in [-0.39, 0.29) is 5.54 Å². The average Bonchev–Trinajstić information content (AvgIpc) is 2.47. The Bertz CT molecular complexity index is 301. The van der Waals surface area contributed by atoms with Gasteiger partial charge < -0.3 is 10.4 Å². The van der Waals surface area contributed by atoms with E-state index in [1.807, 2.05) is 19.2 Å². The van der Waals surface area contributed by atoms with Crippen molar-refractivity contribution in [2.75, 3.05) is 6.54 Å². The molecule has 1 aromatic heterocycles. The highest BCUT2D eigenvalue weighted by Crippen LogP contribution is 2.00. The Morgan fingerprint density at radius 3 is 2.67 bits per heavy atom. The number of aliphatic hydroxyl groups is 1. The third kappa shape index (κ3) is 4.95. The minimum atomic E-state index is -0.400. The monoisotopic (exact) mass is 211 g/mol. The van der Waals surface area contributed by atoms with E-state index in [0.717, 1.165) is 5.69 Å². The number of hydrogen-bond donors (Lipinski definition) is 2. The number of aryl methyl sites for hydroxylation is 1. The molecule has 0 fully saturated rings. The average molecular weight is 211 g/mol. The van der Waals surface area contributed by atoms with Crippen molar-refractivity contribution in [3.63, 3.8) is 0 Å². The molecule has 0 bridgehead atoms. The topological polar surface area (TPSA) is 50.1 Å². The maximum Gasteiger partial charge on any atom is 0.0860 e. The number of β-amino-alcohol motifs (C(OH)–C–C–N with tert-alkyl or cyclic N) is 1. The molecule has 0 aliphatic rings. The summed E-state index contributed by atoms with van der Waals surface area (Å²) in [4.78, 5) is 0. The number of nitrogens with one attached hydrogen (secondary N) is 1. The zero-order chi connectivity index (χ0) is 11.5. The van der Waals surface area contributed by atoms with Gasteiger partial charge in [-0.15, -0.1) is 0 Å². The second kappa shape index (κ2) is 4.77. The second-order valence-corrected chi connectivity index (χ2v) is 4.96. The molecule has 2 N–H and O–H groups in total. The van der Waals surface area contributed by atoms with Crippen molar-refractivity contribution >= 4 is 0 Å². The van der Waals surface area contributed by atoms with Gasteiger partial charge in [0, 0.05) is 18.3 Å². The lowest BCUT2D eigenvalue weighted by Gasteiger charge is -2.22. The highest BCUT2D eigenvalue weighted by atomic mass is 16.3. The van der Waals surface area contributed by atoms with Gasteiger partial charge in [-0.1, -0.05) is 0 Å². The molecule has 1 atom stereocenters. The van der Waals surface area contributed by atoms with Gasteiger partial charge in [0.15, 0.2) is 0 Å². The first kappa shape index (κ1) is 12.2. The Hall–Kier alpha value is -0.870. The normalized spacial score (nSPS) is 14.2. The molecule has 1 heterocycles. The Balaban J connectivity index is 2.33. The van der Waals surface area contributed by atoms with E-state index in [1.165, 1.54) is 0 Å². The van der Waals surface area contributed by atoms with E-state index < -0.39 is 6.10 Å². The lowest BCUT2D eigenvalue weighted by atomic mass is 10.1. The lowest BCUT2D eigenvalue weighted by molar-refractivity contribution is 0.137. The summed E-state index contributed by atoms with van der Waals surface area (Å²) in [6, 6.07) is 1.93. The molecule has 1 rings (SSSR count). The third-order valence-corrected chi connectivity index (χ3v) is 2.04. The fourth-order valence-electron chi connectivity index (χ4n) is 1.27. The summed E-state index contributed by atoms with van der Waals surface area (Å²) in [5, 5.41) is 17.2. The molecule has 0 saturated heterocycles. The summed E-state index contributed by atoms with van der Waals surface area (Å²) < 4.78 is 1.77. The lowest BCUT2D eigenvalue weighted by Crippen LogP contribution is -2.42. The van der Waals surface area contributed by atoms with E-state index in [9.17, 15) is 5.11 Å². The number of rotatable bonds is 4. The molecule has 15 heavy (non-hydrogen) atoms. The predicted octanol–water partition coefficient (Wildman–Crippen LogP) is 0.941. The molecule has 1 aromatic rings. The molecule has 0 spiro atoms. The van der Waals surface area contributed by atoms with E-state index >= 15 is 0 Å².